The van der Waals surface area contributed by atoms with Gasteiger partial charge in [0.05, 0.1) is 0 Å². The smallest absolute Gasteiger partial charge is 0.405 e. The van der Waals surface area contributed by atoms with Crippen LogP contribution >= 0.6 is 0 Å². The average Bonchev–Trinajstić information content (AvgIpc) is 2.62. The predicted molar refractivity (Wildman–Crippen MR) is 86.5 cm³/mol. The molecule has 0 unspecified atom stereocenters. The highest BCUT2D eigenvalue weighted by Gasteiger charge is 2.27. The molecule has 1 amide bonds. The third-order valence-electron chi connectivity index (χ3n) is 2.91. The van der Waals surface area contributed by atoms with Gasteiger partial charge in [-0.15, -0.1) is 0 Å². The summed E-state index contributed by atoms with van der Waals surface area (Å²) < 4.78 is 54.0. The molecule has 0 saturated heterocycles. The number of amides is 1. The minimum Gasteiger partial charge on any atom is -0.439 e. The number of carbonyl (C=O) groups is 1. The standard InChI is InChI=1S/C16H14F4N4O3/c17-11-2-4-12(5-3-11)27-14-6-1-10(7-22-14)15(21)24-26-8-13(25)23-9-16(18,19)20/h1-7H,8-9H2,(H2,21,24)(H,23,25). The Kier molecular flexibility index (Phi) is 6.52. The van der Waals surface area contributed by atoms with E-state index in [0.29, 0.717) is 11.3 Å². The Labute approximate surface area is 150 Å². The summed E-state index contributed by atoms with van der Waals surface area (Å²) in [5.74, 6) is -0.941. The van der Waals surface area contributed by atoms with Gasteiger partial charge in [0, 0.05) is 17.8 Å². The molecule has 0 aliphatic carbocycles. The van der Waals surface area contributed by atoms with E-state index in [1.54, 1.807) is 5.32 Å². The van der Waals surface area contributed by atoms with Crippen molar-refractivity contribution in [2.45, 2.75) is 6.18 Å². The van der Waals surface area contributed by atoms with Gasteiger partial charge in [-0.1, -0.05) is 5.16 Å². The SMILES string of the molecule is N/C(=N/OCC(=O)NCC(F)(F)F)c1ccc(Oc2ccc(F)cc2)nc1. The molecular weight excluding hydrogens is 372 g/mol. The van der Waals surface area contributed by atoms with Crippen LogP contribution in [0.4, 0.5) is 17.6 Å². The number of hydrogen-bond acceptors (Lipinski definition) is 5. The second-order valence-corrected chi connectivity index (χ2v) is 5.08. The fraction of sp³-hybridized carbons (Fsp3) is 0.188. The van der Waals surface area contributed by atoms with E-state index < -0.39 is 31.1 Å². The van der Waals surface area contributed by atoms with Crippen LogP contribution in [0.25, 0.3) is 0 Å². The predicted octanol–water partition coefficient (Wildman–Crippen LogP) is 2.33. The topological polar surface area (TPSA) is 98.8 Å². The third-order valence-corrected chi connectivity index (χ3v) is 2.91. The Hall–Kier alpha value is -3.37. The van der Waals surface area contributed by atoms with E-state index in [2.05, 4.69) is 15.0 Å². The molecule has 1 aromatic heterocycles. The lowest BCUT2D eigenvalue weighted by atomic mass is 10.3. The van der Waals surface area contributed by atoms with E-state index >= 15 is 0 Å². The molecule has 144 valence electrons. The molecule has 2 rings (SSSR count). The second-order valence-electron chi connectivity index (χ2n) is 5.08. The van der Waals surface area contributed by atoms with Crippen molar-refractivity contribution in [3.63, 3.8) is 0 Å². The summed E-state index contributed by atoms with van der Waals surface area (Å²) >= 11 is 0. The number of amidine groups is 1. The Balaban J connectivity index is 1.85. The summed E-state index contributed by atoms with van der Waals surface area (Å²) in [5, 5.41) is 5.05. The summed E-state index contributed by atoms with van der Waals surface area (Å²) in [4.78, 5) is 19.7. The number of nitrogens with two attached hydrogens (primary N) is 1. The molecule has 3 N–H and O–H groups in total. The van der Waals surface area contributed by atoms with Gasteiger partial charge in [-0.3, -0.25) is 4.79 Å². The lowest BCUT2D eigenvalue weighted by Gasteiger charge is -2.08. The van der Waals surface area contributed by atoms with E-state index in [9.17, 15) is 22.4 Å². The monoisotopic (exact) mass is 386 g/mol. The third kappa shape index (κ3) is 7.18. The number of ether oxygens (including phenoxy) is 1. The maximum atomic E-state index is 12.8. The average molecular weight is 386 g/mol. The zero-order valence-corrected chi connectivity index (χ0v) is 13.7. The first kappa shape index (κ1) is 19.9. The number of halogens is 4. The van der Waals surface area contributed by atoms with Gasteiger partial charge in [0.25, 0.3) is 5.91 Å². The number of pyridine rings is 1. The van der Waals surface area contributed by atoms with Crippen molar-refractivity contribution < 1.29 is 31.9 Å². The molecule has 0 atom stereocenters. The molecule has 11 heteroatoms. The number of nitrogens with one attached hydrogen (secondary N) is 1. The Morgan fingerprint density at radius 2 is 1.89 bits per heavy atom. The molecule has 1 heterocycles. The highest BCUT2D eigenvalue weighted by Crippen LogP contribution is 2.19. The molecule has 1 aromatic carbocycles. The first-order chi connectivity index (χ1) is 12.7. The molecule has 0 bridgehead atoms. The molecule has 0 fully saturated rings. The van der Waals surface area contributed by atoms with Gasteiger partial charge in [0.1, 0.15) is 18.1 Å². The molecule has 0 aliphatic heterocycles. The van der Waals surface area contributed by atoms with Crippen molar-refractivity contribution in [2.75, 3.05) is 13.2 Å². The van der Waals surface area contributed by atoms with Crippen molar-refractivity contribution in [1.82, 2.24) is 10.3 Å². The summed E-state index contributed by atoms with van der Waals surface area (Å²) in [6.07, 6.45) is -3.20. The number of hydrogen-bond donors (Lipinski definition) is 2. The first-order valence-corrected chi connectivity index (χ1v) is 7.42. The van der Waals surface area contributed by atoms with Crippen LogP contribution in [-0.4, -0.2) is 36.1 Å². The lowest BCUT2D eigenvalue weighted by Crippen LogP contribution is -2.35. The number of nitrogens with zero attached hydrogens (tertiary/aromatic N) is 2. The number of carbonyl (C=O) groups excluding carboxylic acids is 1. The quantitative estimate of drug-likeness (QED) is 0.329. The van der Waals surface area contributed by atoms with Gasteiger partial charge in [-0.05, 0) is 30.3 Å². The van der Waals surface area contributed by atoms with Crippen LogP contribution in [0.3, 0.4) is 0 Å². The van der Waals surface area contributed by atoms with Gasteiger partial charge >= 0.3 is 6.18 Å². The van der Waals surface area contributed by atoms with Crippen molar-refractivity contribution in [2.24, 2.45) is 10.9 Å². The summed E-state index contributed by atoms with van der Waals surface area (Å²) in [6.45, 7) is -2.19. The van der Waals surface area contributed by atoms with Crippen molar-refractivity contribution >= 4 is 11.7 Å². The molecule has 0 spiro atoms. The first-order valence-electron chi connectivity index (χ1n) is 7.42. The van der Waals surface area contributed by atoms with Gasteiger partial charge in [0.2, 0.25) is 5.88 Å². The van der Waals surface area contributed by atoms with E-state index in [1.807, 2.05) is 0 Å². The minimum atomic E-state index is -4.51. The number of benzene rings is 1. The maximum Gasteiger partial charge on any atom is 0.405 e. The van der Waals surface area contributed by atoms with Gasteiger partial charge in [-0.2, -0.15) is 13.2 Å². The number of oxime groups is 1. The van der Waals surface area contributed by atoms with E-state index in [-0.39, 0.29) is 11.7 Å². The molecule has 0 saturated carbocycles. The zero-order valence-electron chi connectivity index (χ0n) is 13.7. The second kappa shape index (κ2) is 8.83. The van der Waals surface area contributed by atoms with Gasteiger partial charge in [-0.25, -0.2) is 9.37 Å². The normalized spacial score (nSPS) is 11.8. The largest absolute Gasteiger partial charge is 0.439 e. The maximum absolute atomic E-state index is 12.8. The van der Waals surface area contributed by atoms with Gasteiger partial charge < -0.3 is 20.6 Å². The van der Waals surface area contributed by atoms with Crippen LogP contribution in [-0.2, 0) is 9.63 Å². The van der Waals surface area contributed by atoms with Gasteiger partial charge in [0.15, 0.2) is 12.4 Å². The Morgan fingerprint density at radius 1 is 1.19 bits per heavy atom. The van der Waals surface area contributed by atoms with Crippen molar-refractivity contribution in [1.29, 1.82) is 0 Å². The number of rotatable bonds is 7. The molecule has 2 aromatic rings. The van der Waals surface area contributed by atoms with Crippen LogP contribution in [0.1, 0.15) is 5.56 Å². The highest BCUT2D eigenvalue weighted by molar-refractivity contribution is 5.96. The van der Waals surface area contributed by atoms with Crippen molar-refractivity contribution in [3.8, 4) is 11.6 Å². The number of aromatic nitrogens is 1. The summed E-state index contributed by atoms with van der Waals surface area (Å²) in [5.41, 5.74) is 5.97. The molecular formula is C16H14F4N4O3. The molecule has 0 aliphatic rings. The van der Waals surface area contributed by atoms with Crippen LogP contribution in [0.15, 0.2) is 47.8 Å². The van der Waals surface area contributed by atoms with E-state index in [1.165, 1.54) is 42.6 Å². The zero-order chi connectivity index (χ0) is 19.9. The lowest BCUT2D eigenvalue weighted by molar-refractivity contribution is -0.141. The van der Waals surface area contributed by atoms with Crippen LogP contribution < -0.4 is 15.8 Å². The molecule has 7 nitrogen and oxygen atoms in total. The molecule has 27 heavy (non-hydrogen) atoms. The van der Waals surface area contributed by atoms with E-state index in [4.69, 9.17) is 10.5 Å². The summed E-state index contributed by atoms with van der Waals surface area (Å²) in [6, 6.07) is 8.29. The Morgan fingerprint density at radius 3 is 2.48 bits per heavy atom. The van der Waals surface area contributed by atoms with Crippen LogP contribution in [0, 0.1) is 5.82 Å². The van der Waals surface area contributed by atoms with Crippen molar-refractivity contribution in [3.05, 3.63) is 54.0 Å². The number of alkyl halides is 3. The fourth-order valence-corrected chi connectivity index (χ4v) is 1.68. The summed E-state index contributed by atoms with van der Waals surface area (Å²) in [7, 11) is 0. The van der Waals surface area contributed by atoms with Crippen LogP contribution in [0.2, 0.25) is 0 Å². The molecule has 0 radical (unpaired) electrons. The van der Waals surface area contributed by atoms with Crippen LogP contribution in [0.5, 0.6) is 11.6 Å². The van der Waals surface area contributed by atoms with E-state index in [0.717, 1.165) is 0 Å². The minimum absolute atomic E-state index is 0.139. The Bertz CT molecular complexity index is 793. The highest BCUT2D eigenvalue weighted by atomic mass is 19.4. The fourth-order valence-electron chi connectivity index (χ4n) is 1.68.